The van der Waals surface area contributed by atoms with E-state index in [0.717, 1.165) is 30.5 Å². The molecule has 1 aliphatic rings. The van der Waals surface area contributed by atoms with E-state index < -0.39 is 5.69 Å². The second kappa shape index (κ2) is 8.73. The highest BCUT2D eigenvalue weighted by molar-refractivity contribution is 5.95. The lowest BCUT2D eigenvalue weighted by Gasteiger charge is -2.32. The van der Waals surface area contributed by atoms with Crippen molar-refractivity contribution in [2.45, 2.75) is 19.8 Å². The molecule has 0 spiro atoms. The number of hydrogen-bond donors (Lipinski definition) is 3. The number of H-pyrrole nitrogens is 1. The summed E-state index contributed by atoms with van der Waals surface area (Å²) in [7, 11) is 0. The van der Waals surface area contributed by atoms with E-state index in [1.807, 2.05) is 17.0 Å². The number of nitrogens with zero attached hydrogens (tertiary/aromatic N) is 2. The lowest BCUT2D eigenvalue weighted by atomic mass is 9.97. The van der Waals surface area contributed by atoms with Gasteiger partial charge in [0, 0.05) is 24.2 Å². The van der Waals surface area contributed by atoms with Gasteiger partial charge in [-0.05, 0) is 79.8 Å². The van der Waals surface area contributed by atoms with E-state index in [-0.39, 0.29) is 11.7 Å². The van der Waals surface area contributed by atoms with Crippen LogP contribution in [-0.2, 0) is 0 Å². The quantitative estimate of drug-likeness (QED) is 0.603. The number of rotatable bonds is 4. The maximum atomic E-state index is 13.0. The van der Waals surface area contributed by atoms with Crippen molar-refractivity contribution in [2.24, 2.45) is 11.7 Å². The molecule has 1 aliphatic heterocycles. The molecule has 1 amide bonds. The number of aromatic amines is 1. The molecule has 3 aromatic rings. The van der Waals surface area contributed by atoms with Crippen molar-refractivity contribution < 1.29 is 9.90 Å². The van der Waals surface area contributed by atoms with E-state index in [2.05, 4.69) is 9.97 Å². The van der Waals surface area contributed by atoms with E-state index in [4.69, 9.17) is 5.73 Å². The summed E-state index contributed by atoms with van der Waals surface area (Å²) in [5.74, 6) is 0.508. The molecule has 2 aromatic carbocycles. The number of nitrogens with one attached hydrogen (secondary N) is 1. The standard InChI is InChI=1S/C24H26N4O3/c1-15-10-18(7-8-22(15)29)21-12-20(26-24(31)27-21)17-5-2-6-19(11-17)23(30)28-9-3-4-16(13-25)14-28/h2,5-8,10-12,16,29H,3-4,9,13-14,25H2,1H3,(H,26,27,31). The van der Waals surface area contributed by atoms with Crippen LogP contribution in [-0.4, -0.2) is 45.5 Å². The van der Waals surface area contributed by atoms with E-state index in [1.54, 1.807) is 43.3 Å². The number of aromatic nitrogens is 2. The third-order valence-electron chi connectivity index (χ3n) is 5.80. The van der Waals surface area contributed by atoms with Gasteiger partial charge in [0.15, 0.2) is 0 Å². The third-order valence-corrected chi connectivity index (χ3v) is 5.80. The second-order valence-electron chi connectivity index (χ2n) is 8.06. The molecule has 2 heterocycles. The van der Waals surface area contributed by atoms with E-state index >= 15 is 0 Å². The van der Waals surface area contributed by atoms with Crippen molar-refractivity contribution in [3.8, 4) is 28.3 Å². The Morgan fingerprint density at radius 1 is 1.23 bits per heavy atom. The molecule has 1 fully saturated rings. The number of carbonyl (C=O) groups is 1. The molecule has 0 aliphatic carbocycles. The maximum absolute atomic E-state index is 13.0. The van der Waals surface area contributed by atoms with Crippen LogP contribution >= 0.6 is 0 Å². The number of phenols is 1. The molecule has 4 rings (SSSR count). The molecule has 4 N–H and O–H groups in total. The van der Waals surface area contributed by atoms with Gasteiger partial charge in [0.05, 0.1) is 11.4 Å². The van der Waals surface area contributed by atoms with E-state index in [9.17, 15) is 14.7 Å². The number of carbonyl (C=O) groups excluding carboxylic acids is 1. The van der Waals surface area contributed by atoms with Crippen LogP contribution in [0.4, 0.5) is 0 Å². The summed E-state index contributed by atoms with van der Waals surface area (Å²) >= 11 is 0. The molecule has 160 valence electrons. The normalized spacial score (nSPS) is 16.3. The molecule has 7 heteroatoms. The summed E-state index contributed by atoms with van der Waals surface area (Å²) in [4.78, 5) is 34.0. The zero-order valence-corrected chi connectivity index (χ0v) is 17.5. The fourth-order valence-corrected chi connectivity index (χ4v) is 4.02. The van der Waals surface area contributed by atoms with Crippen molar-refractivity contribution in [3.63, 3.8) is 0 Å². The lowest BCUT2D eigenvalue weighted by Crippen LogP contribution is -2.42. The van der Waals surface area contributed by atoms with E-state index in [0.29, 0.717) is 41.5 Å². The van der Waals surface area contributed by atoms with Crippen LogP contribution in [0.3, 0.4) is 0 Å². The number of aryl methyl sites for hydroxylation is 1. The van der Waals surface area contributed by atoms with Gasteiger partial charge in [-0.2, -0.15) is 4.98 Å². The summed E-state index contributed by atoms with van der Waals surface area (Å²) in [6, 6.07) is 14.1. The molecule has 1 unspecified atom stereocenters. The first-order valence-corrected chi connectivity index (χ1v) is 10.5. The number of phenolic OH excluding ortho intramolecular Hbond substituents is 1. The average molecular weight is 418 g/mol. The van der Waals surface area contributed by atoms with Crippen LogP contribution in [0.25, 0.3) is 22.5 Å². The van der Waals surface area contributed by atoms with Crippen LogP contribution in [0, 0.1) is 12.8 Å². The Morgan fingerprint density at radius 3 is 2.84 bits per heavy atom. The SMILES string of the molecule is Cc1cc(-c2cc(-c3cccc(C(=O)N4CCCC(CN)C4)c3)[nH]c(=O)n2)ccc1O. The molecular weight excluding hydrogens is 392 g/mol. The maximum Gasteiger partial charge on any atom is 0.345 e. The molecule has 0 saturated carbocycles. The minimum atomic E-state index is -0.475. The molecule has 7 nitrogen and oxygen atoms in total. The Hall–Kier alpha value is -3.45. The van der Waals surface area contributed by atoms with Gasteiger partial charge in [-0.15, -0.1) is 0 Å². The number of nitrogens with two attached hydrogens (primary N) is 1. The van der Waals surface area contributed by atoms with Gasteiger partial charge in [-0.25, -0.2) is 4.79 Å². The monoisotopic (exact) mass is 418 g/mol. The van der Waals surface area contributed by atoms with Crippen molar-refractivity contribution in [3.05, 3.63) is 70.1 Å². The van der Waals surface area contributed by atoms with Gasteiger partial charge in [0.25, 0.3) is 5.91 Å². The molecular formula is C24H26N4O3. The Kier molecular flexibility index (Phi) is 5.86. The van der Waals surface area contributed by atoms with Crippen molar-refractivity contribution >= 4 is 5.91 Å². The zero-order valence-electron chi connectivity index (χ0n) is 17.5. The Labute approximate surface area is 180 Å². The lowest BCUT2D eigenvalue weighted by molar-refractivity contribution is 0.0678. The van der Waals surface area contributed by atoms with Crippen molar-refractivity contribution in [1.29, 1.82) is 0 Å². The van der Waals surface area contributed by atoms with Crippen LogP contribution in [0.2, 0.25) is 0 Å². The minimum absolute atomic E-state index is 0.0224. The first kappa shape index (κ1) is 20.8. The number of amides is 1. The number of aromatic hydroxyl groups is 1. The molecule has 31 heavy (non-hydrogen) atoms. The summed E-state index contributed by atoms with van der Waals surface area (Å²) in [5.41, 5.74) is 9.15. The molecule has 1 saturated heterocycles. The molecule has 0 bridgehead atoms. The second-order valence-corrected chi connectivity index (χ2v) is 8.06. The van der Waals surface area contributed by atoms with Gasteiger partial charge in [-0.3, -0.25) is 4.79 Å². The number of hydrogen-bond acceptors (Lipinski definition) is 5. The van der Waals surface area contributed by atoms with Crippen LogP contribution in [0.15, 0.2) is 53.3 Å². The number of piperidine rings is 1. The Balaban J connectivity index is 1.66. The Morgan fingerprint density at radius 2 is 2.06 bits per heavy atom. The van der Waals surface area contributed by atoms with Gasteiger partial charge in [0.1, 0.15) is 5.75 Å². The average Bonchev–Trinajstić information content (AvgIpc) is 2.80. The fraction of sp³-hybridized carbons (Fsp3) is 0.292. The largest absolute Gasteiger partial charge is 0.508 e. The van der Waals surface area contributed by atoms with E-state index in [1.165, 1.54) is 0 Å². The van der Waals surface area contributed by atoms with Gasteiger partial charge < -0.3 is 20.7 Å². The highest BCUT2D eigenvalue weighted by atomic mass is 16.3. The fourth-order valence-electron chi connectivity index (χ4n) is 4.02. The topological polar surface area (TPSA) is 112 Å². The van der Waals surface area contributed by atoms with Crippen molar-refractivity contribution in [2.75, 3.05) is 19.6 Å². The highest BCUT2D eigenvalue weighted by Gasteiger charge is 2.24. The van der Waals surface area contributed by atoms with Crippen LogP contribution in [0.1, 0.15) is 28.8 Å². The first-order valence-electron chi connectivity index (χ1n) is 10.5. The van der Waals surface area contributed by atoms with Crippen LogP contribution < -0.4 is 11.4 Å². The number of benzene rings is 2. The summed E-state index contributed by atoms with van der Waals surface area (Å²) < 4.78 is 0. The number of likely N-dealkylation sites (tertiary alicyclic amines) is 1. The molecule has 1 aromatic heterocycles. The smallest absolute Gasteiger partial charge is 0.345 e. The Bertz CT molecular complexity index is 1170. The summed E-state index contributed by atoms with van der Waals surface area (Å²) in [5, 5.41) is 9.77. The zero-order chi connectivity index (χ0) is 22.0. The molecule has 0 radical (unpaired) electrons. The van der Waals surface area contributed by atoms with Gasteiger partial charge in [-0.1, -0.05) is 12.1 Å². The predicted molar refractivity (Wildman–Crippen MR) is 120 cm³/mol. The first-order chi connectivity index (χ1) is 14.9. The molecule has 1 atom stereocenters. The summed E-state index contributed by atoms with van der Waals surface area (Å²) in [6.45, 7) is 3.78. The summed E-state index contributed by atoms with van der Waals surface area (Å²) in [6.07, 6.45) is 2.01. The third kappa shape index (κ3) is 4.51. The van der Waals surface area contributed by atoms with Gasteiger partial charge >= 0.3 is 5.69 Å². The van der Waals surface area contributed by atoms with Gasteiger partial charge in [0.2, 0.25) is 0 Å². The van der Waals surface area contributed by atoms with Crippen LogP contribution in [0.5, 0.6) is 5.75 Å². The van der Waals surface area contributed by atoms with Crippen molar-refractivity contribution in [1.82, 2.24) is 14.9 Å². The minimum Gasteiger partial charge on any atom is -0.508 e. The predicted octanol–water partition coefficient (Wildman–Crippen LogP) is 2.93. The highest BCUT2D eigenvalue weighted by Crippen LogP contribution is 2.27.